The number of carbonyl (C=O) groups is 4. The highest BCUT2D eigenvalue weighted by Gasteiger charge is 2.22. The summed E-state index contributed by atoms with van der Waals surface area (Å²) in [5.74, 6) is -5.11. The maximum Gasteiger partial charge on any atom is 0.338 e. The second-order valence-electron chi connectivity index (χ2n) is 7.29. The van der Waals surface area contributed by atoms with Crippen LogP contribution in [-0.2, 0) is 9.59 Å². The summed E-state index contributed by atoms with van der Waals surface area (Å²) in [7, 11) is 0. The Balaban J connectivity index is 1.96. The fourth-order valence-corrected chi connectivity index (χ4v) is 3.17. The van der Waals surface area contributed by atoms with Crippen molar-refractivity contribution in [3.8, 4) is 11.3 Å². The van der Waals surface area contributed by atoms with Crippen LogP contribution in [0.5, 0.6) is 0 Å². The molecule has 2 rings (SSSR count). The number of benzene rings is 1. The van der Waals surface area contributed by atoms with E-state index in [2.05, 4.69) is 10.6 Å². The van der Waals surface area contributed by atoms with E-state index in [0.717, 1.165) is 25.3 Å². The van der Waals surface area contributed by atoms with Crippen LogP contribution in [0.3, 0.4) is 0 Å². The van der Waals surface area contributed by atoms with Gasteiger partial charge in [-0.05, 0) is 30.7 Å². The topological polar surface area (TPSA) is 158 Å². The Morgan fingerprint density at radius 2 is 1.85 bits per heavy atom. The van der Waals surface area contributed by atoms with Gasteiger partial charge in [0.25, 0.3) is 5.91 Å². The van der Waals surface area contributed by atoms with Gasteiger partial charge in [0, 0.05) is 12.3 Å². The lowest BCUT2D eigenvalue weighted by Gasteiger charge is -2.16. The number of hydrogen-bond donors (Lipinski definition) is 5. The Kier molecular flexibility index (Phi) is 9.55. The monoisotopic (exact) mass is 463 g/mol. The van der Waals surface area contributed by atoms with Crippen molar-refractivity contribution in [2.45, 2.75) is 39.0 Å². The average molecular weight is 463 g/mol. The highest BCUT2D eigenvalue weighted by molar-refractivity contribution is 5.93. The lowest BCUT2D eigenvalue weighted by atomic mass is 9.96. The largest absolute Gasteiger partial charge is 0.478 e. The third-order valence-corrected chi connectivity index (χ3v) is 4.92. The van der Waals surface area contributed by atoms with Gasteiger partial charge in [-0.3, -0.25) is 19.6 Å². The summed E-state index contributed by atoms with van der Waals surface area (Å²) < 4.78 is 19.7. The molecule has 0 radical (unpaired) electrons. The molecule has 178 valence electrons. The lowest BCUT2D eigenvalue weighted by Crippen LogP contribution is -2.41. The maximum absolute atomic E-state index is 14.4. The van der Waals surface area contributed by atoms with Crippen LogP contribution in [0, 0.1) is 11.7 Å². The van der Waals surface area contributed by atoms with Crippen molar-refractivity contribution in [2.75, 3.05) is 6.67 Å². The van der Waals surface area contributed by atoms with Crippen molar-refractivity contribution < 1.29 is 38.3 Å². The Morgan fingerprint density at radius 1 is 1.09 bits per heavy atom. The minimum absolute atomic E-state index is 0.0317. The van der Waals surface area contributed by atoms with Crippen LogP contribution in [0.15, 0.2) is 34.7 Å². The number of carboxylic acid groups (broad SMARTS) is 1. The number of halogens is 1. The van der Waals surface area contributed by atoms with Gasteiger partial charge in [-0.25, -0.2) is 14.7 Å². The Hall–Kier alpha value is -3.73. The number of hydrogen-bond acceptors (Lipinski definition) is 6. The number of amides is 3. The number of hydroxylamine groups is 1. The summed E-state index contributed by atoms with van der Waals surface area (Å²) in [6, 6.07) is 6.41. The molecule has 0 aliphatic rings. The van der Waals surface area contributed by atoms with Gasteiger partial charge in [0.15, 0.2) is 5.76 Å². The maximum atomic E-state index is 14.4. The summed E-state index contributed by atoms with van der Waals surface area (Å²) in [6.45, 7) is 1.75. The standard InChI is InChI=1S/C22H26FN3O7/c1-2-3-4-6-13(11-18(27)26-32)20(28)24-12-25-21(29)17-10-9-16(33-17)14-7-5-8-15(19(14)23)22(30)31/h5,7-10,13,32H,2-4,6,11-12H2,1H3,(H,24,28)(H,25,29)(H,26,27)(H,30,31)/t13-/m1/s1. The summed E-state index contributed by atoms with van der Waals surface area (Å²) in [4.78, 5) is 47.2. The van der Waals surface area contributed by atoms with E-state index in [0.29, 0.717) is 6.42 Å². The van der Waals surface area contributed by atoms with Crippen molar-refractivity contribution in [1.82, 2.24) is 16.1 Å². The van der Waals surface area contributed by atoms with Crippen molar-refractivity contribution in [2.24, 2.45) is 5.92 Å². The molecule has 2 aromatic rings. The highest BCUT2D eigenvalue weighted by Crippen LogP contribution is 2.27. The van der Waals surface area contributed by atoms with Gasteiger partial charge in [0.05, 0.1) is 17.8 Å². The van der Waals surface area contributed by atoms with E-state index >= 15 is 0 Å². The molecule has 5 N–H and O–H groups in total. The molecule has 1 heterocycles. The van der Waals surface area contributed by atoms with E-state index in [1.807, 2.05) is 6.92 Å². The second kappa shape index (κ2) is 12.3. The van der Waals surface area contributed by atoms with Gasteiger partial charge in [-0.2, -0.15) is 0 Å². The Labute approximate surface area is 189 Å². The normalized spacial score (nSPS) is 11.5. The van der Waals surface area contributed by atoms with Crippen molar-refractivity contribution in [3.05, 3.63) is 47.5 Å². The fourth-order valence-electron chi connectivity index (χ4n) is 3.17. The van der Waals surface area contributed by atoms with E-state index in [1.54, 1.807) is 0 Å². The van der Waals surface area contributed by atoms with Crippen LogP contribution in [0.1, 0.15) is 59.9 Å². The van der Waals surface area contributed by atoms with Crippen molar-refractivity contribution >= 4 is 23.7 Å². The summed E-state index contributed by atoms with van der Waals surface area (Å²) in [6.07, 6.45) is 2.81. The van der Waals surface area contributed by atoms with Crippen molar-refractivity contribution in [3.63, 3.8) is 0 Å². The molecule has 0 spiro atoms. The van der Waals surface area contributed by atoms with E-state index in [4.69, 9.17) is 14.7 Å². The van der Waals surface area contributed by atoms with E-state index in [-0.39, 0.29) is 30.2 Å². The van der Waals surface area contributed by atoms with E-state index in [1.165, 1.54) is 29.7 Å². The molecule has 0 unspecified atom stereocenters. The van der Waals surface area contributed by atoms with Crippen LogP contribution >= 0.6 is 0 Å². The first-order chi connectivity index (χ1) is 15.8. The van der Waals surface area contributed by atoms with Crippen LogP contribution in [0.4, 0.5) is 4.39 Å². The molecule has 0 aliphatic carbocycles. The number of rotatable bonds is 12. The molecule has 33 heavy (non-hydrogen) atoms. The third-order valence-electron chi connectivity index (χ3n) is 4.92. The Bertz CT molecular complexity index is 1010. The first-order valence-electron chi connectivity index (χ1n) is 10.4. The van der Waals surface area contributed by atoms with Crippen LogP contribution < -0.4 is 16.1 Å². The molecule has 0 saturated carbocycles. The SMILES string of the molecule is CCCCC[C@H](CC(=O)NO)C(=O)NCNC(=O)c1ccc(-c2cccc(C(=O)O)c2F)o1. The molecule has 0 aliphatic heterocycles. The molecule has 1 aromatic carbocycles. The quantitative estimate of drug-likeness (QED) is 0.140. The average Bonchev–Trinajstić information content (AvgIpc) is 3.28. The molecule has 0 bridgehead atoms. The smallest absolute Gasteiger partial charge is 0.338 e. The summed E-state index contributed by atoms with van der Waals surface area (Å²) in [5, 5.41) is 22.7. The lowest BCUT2D eigenvalue weighted by molar-refractivity contribution is -0.135. The first-order valence-corrected chi connectivity index (χ1v) is 10.4. The van der Waals surface area contributed by atoms with Gasteiger partial charge in [0.1, 0.15) is 11.6 Å². The molecule has 0 fully saturated rings. The minimum Gasteiger partial charge on any atom is -0.478 e. The number of carbonyl (C=O) groups excluding carboxylic acids is 3. The summed E-state index contributed by atoms with van der Waals surface area (Å²) in [5.41, 5.74) is 0.867. The molecule has 3 amide bonds. The molecule has 0 saturated heterocycles. The minimum atomic E-state index is -1.43. The van der Waals surface area contributed by atoms with Gasteiger partial charge >= 0.3 is 5.97 Å². The third kappa shape index (κ3) is 7.14. The molecular weight excluding hydrogens is 437 g/mol. The number of furan rings is 1. The number of nitrogens with one attached hydrogen (secondary N) is 3. The second-order valence-corrected chi connectivity index (χ2v) is 7.29. The number of aromatic carboxylic acids is 1. The van der Waals surface area contributed by atoms with E-state index in [9.17, 15) is 23.6 Å². The zero-order valence-electron chi connectivity index (χ0n) is 18.0. The highest BCUT2D eigenvalue weighted by atomic mass is 19.1. The molecular formula is C22H26FN3O7. The van der Waals surface area contributed by atoms with Crippen LogP contribution in [-0.4, -0.2) is 40.7 Å². The van der Waals surface area contributed by atoms with Gasteiger partial charge in [0.2, 0.25) is 11.8 Å². The fraction of sp³-hybridized carbons (Fsp3) is 0.364. The van der Waals surface area contributed by atoms with Gasteiger partial charge < -0.3 is 20.2 Å². The predicted octanol–water partition coefficient (Wildman–Crippen LogP) is 2.68. The van der Waals surface area contributed by atoms with Gasteiger partial charge in [-0.1, -0.05) is 32.3 Å². The van der Waals surface area contributed by atoms with E-state index < -0.39 is 41.0 Å². The van der Waals surface area contributed by atoms with Crippen LogP contribution in [0.25, 0.3) is 11.3 Å². The molecule has 1 aromatic heterocycles. The molecule has 1 atom stereocenters. The van der Waals surface area contributed by atoms with Crippen molar-refractivity contribution in [1.29, 1.82) is 0 Å². The predicted molar refractivity (Wildman–Crippen MR) is 114 cm³/mol. The number of unbranched alkanes of at least 4 members (excludes halogenated alkanes) is 2. The zero-order valence-corrected chi connectivity index (χ0v) is 18.0. The number of carboxylic acids is 1. The molecule has 10 nitrogen and oxygen atoms in total. The summed E-state index contributed by atoms with van der Waals surface area (Å²) >= 11 is 0. The first kappa shape index (κ1) is 25.5. The molecule has 11 heteroatoms. The zero-order chi connectivity index (χ0) is 24.4. The van der Waals surface area contributed by atoms with Crippen LogP contribution in [0.2, 0.25) is 0 Å². The Morgan fingerprint density at radius 3 is 2.52 bits per heavy atom. The van der Waals surface area contributed by atoms with Gasteiger partial charge in [-0.15, -0.1) is 0 Å².